The molecule has 18 heavy (non-hydrogen) atoms. The van der Waals surface area contributed by atoms with Crippen molar-refractivity contribution in [3.63, 3.8) is 0 Å². The van der Waals surface area contributed by atoms with Crippen LogP contribution in [0.15, 0.2) is 24.3 Å². The third-order valence-electron chi connectivity index (χ3n) is 2.08. The molecule has 3 N–H and O–H groups in total. The van der Waals surface area contributed by atoms with Crippen molar-refractivity contribution < 1.29 is 18.3 Å². The predicted molar refractivity (Wildman–Crippen MR) is 68.8 cm³/mol. The van der Waals surface area contributed by atoms with Crippen molar-refractivity contribution in [2.45, 2.75) is 13.8 Å². The average Bonchev–Trinajstić information content (AvgIpc) is 2.26. The highest BCUT2D eigenvalue weighted by Gasteiger charge is 2.15. The highest BCUT2D eigenvalue weighted by molar-refractivity contribution is 7.90. The van der Waals surface area contributed by atoms with E-state index in [1.54, 1.807) is 6.07 Å². The van der Waals surface area contributed by atoms with Crippen molar-refractivity contribution in [3.05, 3.63) is 29.8 Å². The van der Waals surface area contributed by atoms with E-state index in [4.69, 9.17) is 5.11 Å². The van der Waals surface area contributed by atoms with Crippen LogP contribution in [-0.4, -0.2) is 26.0 Å². The van der Waals surface area contributed by atoms with E-state index in [2.05, 4.69) is 9.44 Å². The van der Waals surface area contributed by atoms with Crippen LogP contribution in [0.25, 0.3) is 0 Å². The Labute approximate surface area is 106 Å². The second kappa shape index (κ2) is 5.83. The number of carboxylic acids is 1. The average molecular weight is 272 g/mol. The second-order valence-electron chi connectivity index (χ2n) is 4.20. The van der Waals surface area contributed by atoms with E-state index in [0.29, 0.717) is 0 Å². The monoisotopic (exact) mass is 272 g/mol. The van der Waals surface area contributed by atoms with E-state index in [1.807, 2.05) is 13.8 Å². The number of carbonyl (C=O) groups is 1. The van der Waals surface area contributed by atoms with Crippen molar-refractivity contribution in [3.8, 4) is 0 Å². The summed E-state index contributed by atoms with van der Waals surface area (Å²) in [5.41, 5.74) is -0.0475. The topological polar surface area (TPSA) is 95.5 Å². The zero-order valence-electron chi connectivity index (χ0n) is 10.2. The van der Waals surface area contributed by atoms with Gasteiger partial charge >= 0.3 is 5.97 Å². The van der Waals surface area contributed by atoms with Gasteiger partial charge in [0.2, 0.25) is 0 Å². The molecule has 0 radical (unpaired) electrons. The predicted octanol–water partition coefficient (Wildman–Crippen LogP) is 1.29. The Morgan fingerprint density at radius 2 is 1.94 bits per heavy atom. The molecule has 6 nitrogen and oxygen atoms in total. The van der Waals surface area contributed by atoms with Crippen LogP contribution < -0.4 is 9.44 Å². The van der Waals surface area contributed by atoms with Crippen LogP contribution in [0, 0.1) is 5.92 Å². The van der Waals surface area contributed by atoms with E-state index in [1.165, 1.54) is 18.2 Å². The van der Waals surface area contributed by atoms with Crippen LogP contribution in [-0.2, 0) is 10.2 Å². The van der Waals surface area contributed by atoms with Crippen LogP contribution >= 0.6 is 0 Å². The van der Waals surface area contributed by atoms with E-state index < -0.39 is 16.2 Å². The van der Waals surface area contributed by atoms with Crippen molar-refractivity contribution >= 4 is 21.9 Å². The minimum Gasteiger partial charge on any atom is -0.478 e. The number of benzene rings is 1. The molecule has 7 heteroatoms. The molecular formula is C11H16N2O4S. The van der Waals surface area contributed by atoms with Gasteiger partial charge in [-0.15, -0.1) is 0 Å². The zero-order chi connectivity index (χ0) is 13.8. The van der Waals surface area contributed by atoms with E-state index in [0.717, 1.165) is 0 Å². The highest BCUT2D eigenvalue weighted by Crippen LogP contribution is 2.15. The Morgan fingerprint density at radius 1 is 1.33 bits per heavy atom. The maximum absolute atomic E-state index is 11.7. The Bertz CT molecular complexity index is 526. The first-order valence-corrected chi connectivity index (χ1v) is 6.90. The minimum atomic E-state index is -3.75. The third kappa shape index (κ3) is 4.34. The summed E-state index contributed by atoms with van der Waals surface area (Å²) in [6, 6.07) is 5.83. The van der Waals surface area contributed by atoms with Gasteiger partial charge in [0, 0.05) is 6.54 Å². The van der Waals surface area contributed by atoms with E-state index in [9.17, 15) is 13.2 Å². The molecule has 0 saturated heterocycles. The first-order valence-electron chi connectivity index (χ1n) is 5.41. The molecule has 0 aromatic heterocycles. The van der Waals surface area contributed by atoms with Crippen molar-refractivity contribution in [1.82, 2.24) is 4.72 Å². The van der Waals surface area contributed by atoms with Crippen molar-refractivity contribution in [2.24, 2.45) is 5.92 Å². The number of carboxylic acid groups (broad SMARTS) is 1. The Kier molecular flexibility index (Phi) is 4.69. The molecule has 1 aromatic rings. The lowest BCUT2D eigenvalue weighted by molar-refractivity contribution is 0.0698. The second-order valence-corrected chi connectivity index (χ2v) is 5.70. The molecule has 0 bridgehead atoms. The smallest absolute Gasteiger partial charge is 0.337 e. The summed E-state index contributed by atoms with van der Waals surface area (Å²) in [7, 11) is -3.75. The number of hydrogen-bond acceptors (Lipinski definition) is 3. The largest absolute Gasteiger partial charge is 0.478 e. The van der Waals surface area contributed by atoms with Gasteiger partial charge in [-0.3, -0.25) is 4.72 Å². The van der Waals surface area contributed by atoms with Crippen LogP contribution in [0.5, 0.6) is 0 Å². The first kappa shape index (κ1) is 14.5. The number of anilines is 1. The maximum atomic E-state index is 11.7. The molecule has 100 valence electrons. The molecule has 0 heterocycles. The molecule has 1 rings (SSSR count). The third-order valence-corrected chi connectivity index (χ3v) is 3.12. The van der Waals surface area contributed by atoms with Gasteiger partial charge < -0.3 is 5.11 Å². The minimum absolute atomic E-state index is 0.0428. The normalized spacial score (nSPS) is 11.5. The fourth-order valence-electron chi connectivity index (χ4n) is 1.22. The summed E-state index contributed by atoms with van der Waals surface area (Å²) in [5.74, 6) is -1.02. The summed E-state index contributed by atoms with van der Waals surface area (Å²) < 4.78 is 27.9. The standard InChI is InChI=1S/C11H16N2O4S/c1-8(2)7-12-18(16,17)13-10-6-4-3-5-9(10)11(14)15/h3-6,8,12-13H,7H2,1-2H3,(H,14,15). The number of aromatic carboxylic acids is 1. The quantitative estimate of drug-likeness (QED) is 0.727. The molecular weight excluding hydrogens is 256 g/mol. The summed E-state index contributed by atoms with van der Waals surface area (Å²) >= 11 is 0. The molecule has 0 aliphatic heterocycles. The van der Waals surface area contributed by atoms with Gasteiger partial charge in [0.25, 0.3) is 10.2 Å². The fraction of sp³-hybridized carbons (Fsp3) is 0.364. The molecule has 0 spiro atoms. The summed E-state index contributed by atoms with van der Waals surface area (Å²) in [4.78, 5) is 10.9. The number of nitrogens with one attached hydrogen (secondary N) is 2. The van der Waals surface area contributed by atoms with Crippen molar-refractivity contribution in [2.75, 3.05) is 11.3 Å². The van der Waals surface area contributed by atoms with Crippen LogP contribution in [0.4, 0.5) is 5.69 Å². The maximum Gasteiger partial charge on any atom is 0.337 e. The molecule has 0 amide bonds. The van der Waals surface area contributed by atoms with Gasteiger partial charge in [-0.25, -0.2) is 4.79 Å². The van der Waals surface area contributed by atoms with Crippen LogP contribution in [0.1, 0.15) is 24.2 Å². The summed E-state index contributed by atoms with van der Waals surface area (Å²) in [6.45, 7) is 4.02. The molecule has 0 aliphatic carbocycles. The summed E-state index contributed by atoms with van der Waals surface area (Å²) in [5, 5.41) is 8.93. The lowest BCUT2D eigenvalue weighted by Crippen LogP contribution is -2.33. The van der Waals surface area contributed by atoms with Crippen LogP contribution in [0.3, 0.4) is 0 Å². The molecule has 0 unspecified atom stereocenters. The molecule has 0 atom stereocenters. The number of rotatable bonds is 6. The SMILES string of the molecule is CC(C)CNS(=O)(=O)Nc1ccccc1C(=O)O. The van der Waals surface area contributed by atoms with Crippen molar-refractivity contribution in [1.29, 1.82) is 0 Å². The Balaban J connectivity index is 2.87. The lowest BCUT2D eigenvalue weighted by atomic mass is 10.2. The highest BCUT2D eigenvalue weighted by atomic mass is 32.2. The van der Waals surface area contributed by atoms with E-state index in [-0.39, 0.29) is 23.7 Å². The molecule has 0 fully saturated rings. The summed E-state index contributed by atoms with van der Waals surface area (Å²) in [6.07, 6.45) is 0. The van der Waals surface area contributed by atoms with Crippen LogP contribution in [0.2, 0.25) is 0 Å². The van der Waals surface area contributed by atoms with Gasteiger partial charge in [0.05, 0.1) is 11.3 Å². The molecule has 0 aliphatic rings. The van der Waals surface area contributed by atoms with Gasteiger partial charge in [-0.05, 0) is 18.1 Å². The van der Waals surface area contributed by atoms with E-state index >= 15 is 0 Å². The van der Waals surface area contributed by atoms with Gasteiger partial charge in [-0.1, -0.05) is 26.0 Å². The zero-order valence-corrected chi connectivity index (χ0v) is 11.0. The molecule has 1 aromatic carbocycles. The number of para-hydroxylation sites is 1. The van der Waals surface area contributed by atoms with Gasteiger partial charge in [0.15, 0.2) is 0 Å². The van der Waals surface area contributed by atoms with Gasteiger partial charge in [-0.2, -0.15) is 13.1 Å². The van der Waals surface area contributed by atoms with Gasteiger partial charge in [0.1, 0.15) is 0 Å². The first-order chi connectivity index (χ1) is 8.32. The lowest BCUT2D eigenvalue weighted by Gasteiger charge is -2.12. The fourth-order valence-corrected chi connectivity index (χ4v) is 2.31. The number of hydrogen-bond donors (Lipinski definition) is 3. The molecule has 0 saturated carbocycles. The Hall–Kier alpha value is -1.60. The Morgan fingerprint density at radius 3 is 2.50 bits per heavy atom.